The topological polar surface area (TPSA) is 74.7 Å². The second kappa shape index (κ2) is 6.88. The lowest BCUT2D eigenvalue weighted by Crippen LogP contribution is -2.30. The van der Waals surface area contributed by atoms with Crippen molar-refractivity contribution in [2.75, 3.05) is 25.6 Å². The third-order valence-corrected chi connectivity index (χ3v) is 5.44. The van der Waals surface area contributed by atoms with Crippen LogP contribution in [0, 0.1) is 5.82 Å². The molecule has 0 spiro atoms. The van der Waals surface area contributed by atoms with Gasteiger partial charge in [0.1, 0.15) is 4.90 Å². The Morgan fingerprint density at radius 1 is 1.50 bits per heavy atom. The van der Waals surface area contributed by atoms with E-state index in [1.165, 1.54) is 18.8 Å². The first-order chi connectivity index (χ1) is 9.21. The van der Waals surface area contributed by atoms with Crippen molar-refractivity contribution in [3.8, 4) is 0 Å². The molecule has 20 heavy (non-hydrogen) atoms. The van der Waals surface area contributed by atoms with Crippen LogP contribution in [0.4, 0.5) is 4.39 Å². The molecule has 0 fully saturated rings. The molecular weight excluding hydrogens is 373 g/mol. The van der Waals surface area contributed by atoms with Gasteiger partial charge in [0.15, 0.2) is 5.82 Å². The summed E-state index contributed by atoms with van der Waals surface area (Å²) in [5, 5.41) is 8.89. The maximum absolute atomic E-state index is 14.1. The van der Waals surface area contributed by atoms with Gasteiger partial charge in [-0.3, -0.25) is 0 Å². The highest BCUT2D eigenvalue weighted by atomic mass is 79.9. The Morgan fingerprint density at radius 2 is 2.10 bits per heavy atom. The van der Waals surface area contributed by atoms with Crippen molar-refractivity contribution in [1.82, 2.24) is 4.31 Å². The zero-order valence-electron chi connectivity index (χ0n) is 10.8. The highest BCUT2D eigenvalue weighted by Gasteiger charge is 2.28. The summed E-state index contributed by atoms with van der Waals surface area (Å²) in [5.41, 5.74) is -0.684. The van der Waals surface area contributed by atoms with Crippen molar-refractivity contribution in [1.29, 1.82) is 0 Å². The number of thioether (sulfide) groups is 1. The second-order valence-corrected chi connectivity index (χ2v) is 7.80. The molecule has 1 aromatic carbocycles. The molecule has 1 aromatic rings. The summed E-state index contributed by atoms with van der Waals surface area (Å²) in [6, 6.07) is 2.09. The van der Waals surface area contributed by atoms with Gasteiger partial charge in [-0.15, -0.1) is 0 Å². The van der Waals surface area contributed by atoms with E-state index in [0.717, 1.165) is 16.4 Å². The standard InChI is InChI=1S/C11H13BrFNO4S2/c1-14(3-4-19-2)20(17,18)9-6-7(12)5-8(10(9)13)11(15)16/h5-6H,3-4H2,1-2H3,(H,15,16). The van der Waals surface area contributed by atoms with E-state index in [4.69, 9.17) is 5.11 Å². The number of halogens is 2. The first-order valence-electron chi connectivity index (χ1n) is 5.39. The van der Waals surface area contributed by atoms with E-state index in [9.17, 15) is 17.6 Å². The van der Waals surface area contributed by atoms with E-state index >= 15 is 0 Å². The lowest BCUT2D eigenvalue weighted by atomic mass is 10.2. The second-order valence-electron chi connectivity index (χ2n) is 3.89. The van der Waals surface area contributed by atoms with Crippen molar-refractivity contribution in [2.45, 2.75) is 4.90 Å². The summed E-state index contributed by atoms with van der Waals surface area (Å²) in [5.74, 6) is -2.22. The number of sulfonamides is 1. The average Bonchev–Trinajstić information content (AvgIpc) is 2.37. The summed E-state index contributed by atoms with van der Waals surface area (Å²) >= 11 is 4.45. The van der Waals surface area contributed by atoms with E-state index in [2.05, 4.69) is 15.9 Å². The molecule has 0 aliphatic rings. The first kappa shape index (κ1) is 17.4. The van der Waals surface area contributed by atoms with Crippen LogP contribution in [-0.4, -0.2) is 49.4 Å². The van der Waals surface area contributed by atoms with Gasteiger partial charge in [0.25, 0.3) is 0 Å². The Morgan fingerprint density at radius 3 is 2.60 bits per heavy atom. The molecule has 0 aliphatic heterocycles. The number of hydrogen-bond donors (Lipinski definition) is 1. The maximum Gasteiger partial charge on any atom is 0.338 e. The van der Waals surface area contributed by atoms with Gasteiger partial charge in [0, 0.05) is 23.8 Å². The number of aromatic carboxylic acids is 1. The summed E-state index contributed by atoms with van der Waals surface area (Å²) in [4.78, 5) is 10.3. The summed E-state index contributed by atoms with van der Waals surface area (Å²) in [6.45, 7) is 0.206. The van der Waals surface area contributed by atoms with Gasteiger partial charge < -0.3 is 5.11 Å². The Balaban J connectivity index is 3.35. The fraction of sp³-hybridized carbons (Fsp3) is 0.364. The number of carboxylic acid groups (broad SMARTS) is 1. The van der Waals surface area contributed by atoms with E-state index in [1.807, 2.05) is 6.26 Å². The molecule has 1 N–H and O–H groups in total. The predicted octanol–water partition coefficient (Wildman–Crippen LogP) is 2.27. The molecule has 5 nitrogen and oxygen atoms in total. The van der Waals surface area contributed by atoms with E-state index < -0.39 is 32.3 Å². The van der Waals surface area contributed by atoms with E-state index in [1.54, 1.807) is 0 Å². The highest BCUT2D eigenvalue weighted by Crippen LogP contribution is 2.26. The van der Waals surface area contributed by atoms with Gasteiger partial charge in [-0.05, 0) is 18.4 Å². The molecule has 0 bridgehead atoms. The number of nitrogens with zero attached hydrogens (tertiary/aromatic N) is 1. The van der Waals surface area contributed by atoms with Crippen molar-refractivity contribution in [3.63, 3.8) is 0 Å². The van der Waals surface area contributed by atoms with Crippen molar-refractivity contribution in [2.24, 2.45) is 0 Å². The number of rotatable bonds is 6. The molecule has 0 saturated heterocycles. The zero-order valence-corrected chi connectivity index (χ0v) is 14.0. The van der Waals surface area contributed by atoms with Crippen molar-refractivity contribution >= 4 is 43.7 Å². The van der Waals surface area contributed by atoms with Crippen LogP contribution in [0.25, 0.3) is 0 Å². The minimum Gasteiger partial charge on any atom is -0.478 e. The van der Waals surface area contributed by atoms with Crippen LogP contribution in [0.1, 0.15) is 10.4 Å². The molecule has 0 heterocycles. The molecule has 0 aromatic heterocycles. The fourth-order valence-electron chi connectivity index (χ4n) is 1.42. The molecule has 0 saturated carbocycles. The molecule has 112 valence electrons. The first-order valence-corrected chi connectivity index (χ1v) is 9.02. The van der Waals surface area contributed by atoms with Gasteiger partial charge in [-0.2, -0.15) is 11.8 Å². The van der Waals surface area contributed by atoms with Crippen LogP contribution in [0.3, 0.4) is 0 Å². The third kappa shape index (κ3) is 3.72. The molecule has 0 unspecified atom stereocenters. The van der Waals surface area contributed by atoms with Crippen molar-refractivity contribution in [3.05, 3.63) is 28.0 Å². The number of benzene rings is 1. The SMILES string of the molecule is CSCCN(C)S(=O)(=O)c1cc(Br)cc(C(=O)O)c1F. The average molecular weight is 386 g/mol. The zero-order chi connectivity index (χ0) is 15.5. The molecule has 0 radical (unpaired) electrons. The summed E-state index contributed by atoms with van der Waals surface area (Å²) in [7, 11) is -2.74. The smallest absolute Gasteiger partial charge is 0.338 e. The Labute approximate surface area is 129 Å². The van der Waals surface area contributed by atoms with Gasteiger partial charge in [0.2, 0.25) is 10.0 Å². The maximum atomic E-state index is 14.1. The van der Waals surface area contributed by atoms with Crippen LogP contribution in [0.2, 0.25) is 0 Å². The van der Waals surface area contributed by atoms with Gasteiger partial charge >= 0.3 is 5.97 Å². The third-order valence-electron chi connectivity index (χ3n) is 2.53. The van der Waals surface area contributed by atoms with Gasteiger partial charge in [-0.25, -0.2) is 21.9 Å². The normalized spacial score (nSPS) is 11.8. The lowest BCUT2D eigenvalue weighted by Gasteiger charge is -2.17. The highest BCUT2D eigenvalue weighted by molar-refractivity contribution is 9.10. The van der Waals surface area contributed by atoms with Crippen molar-refractivity contribution < 1.29 is 22.7 Å². The van der Waals surface area contributed by atoms with Gasteiger partial charge in [0.05, 0.1) is 5.56 Å². The number of carbonyl (C=O) groups is 1. The van der Waals surface area contributed by atoms with Gasteiger partial charge in [-0.1, -0.05) is 15.9 Å². The monoisotopic (exact) mass is 385 g/mol. The Bertz CT molecular complexity index is 621. The van der Waals surface area contributed by atoms with Crippen LogP contribution >= 0.6 is 27.7 Å². The minimum atomic E-state index is -4.07. The molecular formula is C11H13BrFNO4S2. The van der Waals surface area contributed by atoms with Crippen LogP contribution in [0.15, 0.2) is 21.5 Å². The lowest BCUT2D eigenvalue weighted by molar-refractivity contribution is 0.0691. The van der Waals surface area contributed by atoms with E-state index in [0.29, 0.717) is 5.75 Å². The predicted molar refractivity (Wildman–Crippen MR) is 79.3 cm³/mol. The Kier molecular flexibility index (Phi) is 5.99. The minimum absolute atomic E-state index is 0.188. The molecule has 0 atom stereocenters. The Hall–Kier alpha value is -0.640. The summed E-state index contributed by atoms with van der Waals surface area (Å²) in [6.07, 6.45) is 1.82. The molecule has 1 rings (SSSR count). The number of carboxylic acids is 1. The van der Waals surface area contributed by atoms with Crippen LogP contribution < -0.4 is 0 Å². The van der Waals surface area contributed by atoms with Crippen LogP contribution in [0.5, 0.6) is 0 Å². The van der Waals surface area contributed by atoms with E-state index in [-0.39, 0.29) is 11.0 Å². The molecule has 0 aliphatic carbocycles. The quantitative estimate of drug-likeness (QED) is 0.812. The number of hydrogen-bond acceptors (Lipinski definition) is 4. The van der Waals surface area contributed by atoms with Crippen LogP contribution in [-0.2, 0) is 10.0 Å². The largest absolute Gasteiger partial charge is 0.478 e. The fourth-order valence-corrected chi connectivity index (χ4v) is 3.88. The summed E-state index contributed by atoms with van der Waals surface area (Å²) < 4.78 is 39.8. The molecule has 0 amide bonds. The molecule has 9 heteroatoms.